The number of benzene rings is 2. The van der Waals surface area contributed by atoms with E-state index in [0.717, 1.165) is 15.5 Å². The monoisotopic (exact) mass is 419 g/mol. The standard InChI is InChI=1S/C18H14BrNO2S2/c19-14-6-2-3-11-10-15(22-16(11)14)17(21)20-13-5-1-4-12(9-13)18-23-7-8-24-18/h1-6,9-10,18H,7-8H2,(H,20,21). The van der Waals surface area contributed by atoms with Crippen LogP contribution in [0, 0.1) is 0 Å². The second kappa shape index (κ2) is 6.86. The summed E-state index contributed by atoms with van der Waals surface area (Å²) in [5.74, 6) is 2.44. The normalized spacial score (nSPS) is 15.0. The van der Waals surface area contributed by atoms with Crippen molar-refractivity contribution in [2.75, 3.05) is 16.8 Å². The molecule has 4 rings (SSSR count). The number of anilines is 1. The molecule has 1 saturated heterocycles. The summed E-state index contributed by atoms with van der Waals surface area (Å²) in [6, 6.07) is 15.6. The smallest absolute Gasteiger partial charge is 0.291 e. The molecule has 0 bridgehead atoms. The highest BCUT2D eigenvalue weighted by molar-refractivity contribution is 9.10. The van der Waals surface area contributed by atoms with Gasteiger partial charge in [-0.2, -0.15) is 0 Å². The Bertz CT molecular complexity index is 903. The Morgan fingerprint density at radius 1 is 1.12 bits per heavy atom. The van der Waals surface area contributed by atoms with E-state index in [9.17, 15) is 4.79 Å². The van der Waals surface area contributed by atoms with Crippen LogP contribution in [0.2, 0.25) is 0 Å². The first-order valence-corrected chi connectivity index (χ1v) is 10.4. The molecule has 0 spiro atoms. The van der Waals surface area contributed by atoms with Gasteiger partial charge in [-0.3, -0.25) is 4.79 Å². The summed E-state index contributed by atoms with van der Waals surface area (Å²) in [5, 5.41) is 3.84. The van der Waals surface area contributed by atoms with Crippen molar-refractivity contribution >= 4 is 62.0 Å². The van der Waals surface area contributed by atoms with E-state index in [0.29, 0.717) is 15.9 Å². The molecule has 0 unspecified atom stereocenters. The lowest BCUT2D eigenvalue weighted by Gasteiger charge is -2.10. The van der Waals surface area contributed by atoms with Crippen molar-refractivity contribution in [3.63, 3.8) is 0 Å². The Kier molecular flexibility index (Phi) is 4.61. The number of rotatable bonds is 3. The van der Waals surface area contributed by atoms with E-state index in [1.807, 2.05) is 59.9 Å². The number of thioether (sulfide) groups is 2. The summed E-state index contributed by atoms with van der Waals surface area (Å²) in [6.07, 6.45) is 0. The summed E-state index contributed by atoms with van der Waals surface area (Å²) in [6.45, 7) is 0. The summed E-state index contributed by atoms with van der Waals surface area (Å²) in [7, 11) is 0. The van der Waals surface area contributed by atoms with Crippen molar-refractivity contribution in [2.45, 2.75) is 4.58 Å². The quantitative estimate of drug-likeness (QED) is 0.571. The number of halogens is 1. The number of para-hydroxylation sites is 1. The molecule has 2 heterocycles. The zero-order valence-electron chi connectivity index (χ0n) is 12.6. The van der Waals surface area contributed by atoms with Gasteiger partial charge in [0.15, 0.2) is 5.76 Å². The van der Waals surface area contributed by atoms with Crippen LogP contribution in [0.1, 0.15) is 20.7 Å². The number of carbonyl (C=O) groups excluding carboxylic acids is 1. The van der Waals surface area contributed by atoms with Crippen LogP contribution in [0.3, 0.4) is 0 Å². The number of nitrogens with one attached hydrogen (secondary N) is 1. The fraction of sp³-hybridized carbons (Fsp3) is 0.167. The molecular formula is C18H14BrNO2S2. The van der Waals surface area contributed by atoms with Gasteiger partial charge in [-0.1, -0.05) is 24.3 Å². The predicted molar refractivity (Wildman–Crippen MR) is 106 cm³/mol. The van der Waals surface area contributed by atoms with E-state index in [1.54, 1.807) is 6.07 Å². The van der Waals surface area contributed by atoms with Crippen LogP contribution in [0.25, 0.3) is 11.0 Å². The topological polar surface area (TPSA) is 42.2 Å². The van der Waals surface area contributed by atoms with Gasteiger partial charge in [0.05, 0.1) is 9.05 Å². The Labute approximate surface area is 156 Å². The minimum Gasteiger partial charge on any atom is -0.450 e. The highest BCUT2D eigenvalue weighted by Crippen LogP contribution is 2.45. The number of carbonyl (C=O) groups is 1. The summed E-state index contributed by atoms with van der Waals surface area (Å²) in [4.78, 5) is 12.5. The zero-order valence-corrected chi connectivity index (χ0v) is 15.8. The Morgan fingerprint density at radius 2 is 1.92 bits per heavy atom. The van der Waals surface area contributed by atoms with Crippen molar-refractivity contribution in [3.05, 3.63) is 64.3 Å². The molecule has 2 aromatic carbocycles. The van der Waals surface area contributed by atoms with E-state index in [1.165, 1.54) is 17.1 Å². The van der Waals surface area contributed by atoms with Crippen molar-refractivity contribution in [2.24, 2.45) is 0 Å². The molecule has 122 valence electrons. The van der Waals surface area contributed by atoms with Gasteiger partial charge < -0.3 is 9.73 Å². The first kappa shape index (κ1) is 16.1. The molecule has 0 saturated carbocycles. The lowest BCUT2D eigenvalue weighted by molar-refractivity contribution is 0.0998. The maximum atomic E-state index is 12.5. The maximum Gasteiger partial charge on any atom is 0.291 e. The van der Waals surface area contributed by atoms with Gasteiger partial charge in [0.1, 0.15) is 5.58 Å². The molecule has 1 aliphatic rings. The van der Waals surface area contributed by atoms with Gasteiger partial charge in [-0.15, -0.1) is 23.5 Å². The Hall–Kier alpha value is -1.37. The molecular weight excluding hydrogens is 406 g/mol. The summed E-state index contributed by atoms with van der Waals surface area (Å²) in [5.41, 5.74) is 2.73. The molecule has 1 amide bonds. The molecule has 3 aromatic rings. The minimum atomic E-state index is -0.234. The molecule has 0 aliphatic carbocycles. The number of hydrogen-bond acceptors (Lipinski definition) is 4. The minimum absolute atomic E-state index is 0.234. The summed E-state index contributed by atoms with van der Waals surface area (Å²) < 4.78 is 7.00. The second-order valence-corrected chi connectivity index (χ2v) is 9.00. The van der Waals surface area contributed by atoms with Crippen LogP contribution in [0.15, 0.2) is 57.4 Å². The van der Waals surface area contributed by atoms with Crippen LogP contribution in [0.4, 0.5) is 5.69 Å². The van der Waals surface area contributed by atoms with Crippen LogP contribution in [-0.2, 0) is 0 Å². The van der Waals surface area contributed by atoms with Gasteiger partial charge in [-0.25, -0.2) is 0 Å². The molecule has 3 nitrogen and oxygen atoms in total. The van der Waals surface area contributed by atoms with E-state index < -0.39 is 0 Å². The van der Waals surface area contributed by atoms with Crippen molar-refractivity contribution in [1.82, 2.24) is 0 Å². The third-order valence-electron chi connectivity index (χ3n) is 3.76. The van der Waals surface area contributed by atoms with Crippen LogP contribution < -0.4 is 5.32 Å². The molecule has 24 heavy (non-hydrogen) atoms. The lowest BCUT2D eigenvalue weighted by atomic mass is 10.2. The number of furan rings is 1. The average Bonchev–Trinajstić information content (AvgIpc) is 3.25. The molecule has 1 fully saturated rings. The van der Waals surface area contributed by atoms with Gasteiger partial charge in [0, 0.05) is 22.6 Å². The van der Waals surface area contributed by atoms with E-state index in [2.05, 4.69) is 27.3 Å². The SMILES string of the molecule is O=C(Nc1cccc(C2SCCS2)c1)c1cc2cccc(Br)c2o1. The predicted octanol–water partition coefficient (Wildman–Crippen LogP) is 5.93. The first-order valence-electron chi connectivity index (χ1n) is 7.53. The average molecular weight is 420 g/mol. The van der Waals surface area contributed by atoms with Gasteiger partial charge in [0.2, 0.25) is 0 Å². The molecule has 1 aliphatic heterocycles. The van der Waals surface area contributed by atoms with E-state index in [4.69, 9.17) is 4.42 Å². The van der Waals surface area contributed by atoms with Crippen LogP contribution >= 0.6 is 39.5 Å². The zero-order chi connectivity index (χ0) is 16.5. The van der Waals surface area contributed by atoms with Gasteiger partial charge in [0.25, 0.3) is 5.91 Å². The highest BCUT2D eigenvalue weighted by Gasteiger charge is 2.19. The van der Waals surface area contributed by atoms with Gasteiger partial charge >= 0.3 is 0 Å². The second-order valence-electron chi connectivity index (χ2n) is 5.42. The van der Waals surface area contributed by atoms with Crippen molar-refractivity contribution < 1.29 is 9.21 Å². The van der Waals surface area contributed by atoms with E-state index >= 15 is 0 Å². The van der Waals surface area contributed by atoms with Crippen LogP contribution in [0.5, 0.6) is 0 Å². The fourth-order valence-electron chi connectivity index (χ4n) is 2.65. The fourth-order valence-corrected chi connectivity index (χ4v) is 5.95. The largest absolute Gasteiger partial charge is 0.450 e. The summed E-state index contributed by atoms with van der Waals surface area (Å²) >= 11 is 7.34. The first-order chi connectivity index (χ1) is 11.7. The molecule has 1 aromatic heterocycles. The van der Waals surface area contributed by atoms with Crippen LogP contribution in [-0.4, -0.2) is 17.4 Å². The maximum absolute atomic E-state index is 12.5. The highest BCUT2D eigenvalue weighted by atomic mass is 79.9. The Morgan fingerprint density at radius 3 is 2.71 bits per heavy atom. The van der Waals surface area contributed by atoms with Gasteiger partial charge in [-0.05, 0) is 45.8 Å². The van der Waals surface area contributed by atoms with Crippen molar-refractivity contribution in [1.29, 1.82) is 0 Å². The third-order valence-corrected chi connectivity index (χ3v) is 7.49. The molecule has 0 radical (unpaired) electrons. The lowest BCUT2D eigenvalue weighted by Crippen LogP contribution is -2.10. The molecule has 0 atom stereocenters. The van der Waals surface area contributed by atoms with E-state index in [-0.39, 0.29) is 5.91 Å². The molecule has 6 heteroatoms. The third kappa shape index (κ3) is 3.23. The van der Waals surface area contributed by atoms with Crippen molar-refractivity contribution in [3.8, 4) is 0 Å². The number of fused-ring (bicyclic) bond motifs is 1. The number of hydrogen-bond donors (Lipinski definition) is 1. The Balaban J connectivity index is 1.56. The molecule has 1 N–H and O–H groups in total. The number of amides is 1.